The van der Waals surface area contributed by atoms with Gasteiger partial charge in [0.15, 0.2) is 23.3 Å². The van der Waals surface area contributed by atoms with Gasteiger partial charge in [-0.15, -0.1) is 0 Å². The monoisotopic (exact) mass is 267 g/mol. The van der Waals surface area contributed by atoms with Crippen LogP contribution in [0.4, 0.5) is 8.78 Å². The minimum atomic E-state index is -0.929. The van der Waals surface area contributed by atoms with Crippen LogP contribution in [0.3, 0.4) is 0 Å². The van der Waals surface area contributed by atoms with Gasteiger partial charge in [0.25, 0.3) is 0 Å². The first-order valence-electron chi connectivity index (χ1n) is 6.04. The summed E-state index contributed by atoms with van der Waals surface area (Å²) in [5.74, 6) is -0.683. The fourth-order valence-electron chi connectivity index (χ4n) is 1.70. The molecule has 102 valence electrons. The molecule has 2 aromatic rings. The van der Waals surface area contributed by atoms with E-state index in [1.54, 1.807) is 0 Å². The van der Waals surface area contributed by atoms with Crippen LogP contribution in [0.2, 0.25) is 0 Å². The Morgan fingerprint density at radius 3 is 2.58 bits per heavy atom. The SMILES string of the molecule is CC(C)c1nc(-c2ccc(F)c(F)c2)n(CCO)n1. The molecule has 0 atom stereocenters. The molecule has 1 N–H and O–H groups in total. The van der Waals surface area contributed by atoms with Crippen molar-refractivity contribution in [1.29, 1.82) is 0 Å². The number of aliphatic hydroxyl groups excluding tert-OH is 1. The molecule has 2 rings (SSSR count). The summed E-state index contributed by atoms with van der Waals surface area (Å²) in [5, 5.41) is 13.3. The second kappa shape index (κ2) is 5.44. The fourth-order valence-corrected chi connectivity index (χ4v) is 1.70. The normalized spacial score (nSPS) is 11.3. The van der Waals surface area contributed by atoms with E-state index in [4.69, 9.17) is 5.11 Å². The molecule has 0 saturated carbocycles. The third-order valence-electron chi connectivity index (χ3n) is 2.69. The van der Waals surface area contributed by atoms with Crippen LogP contribution in [-0.2, 0) is 6.54 Å². The third kappa shape index (κ3) is 2.78. The Balaban J connectivity index is 2.49. The van der Waals surface area contributed by atoms with E-state index in [0.29, 0.717) is 17.2 Å². The van der Waals surface area contributed by atoms with Crippen molar-refractivity contribution in [2.24, 2.45) is 0 Å². The van der Waals surface area contributed by atoms with Gasteiger partial charge in [-0.1, -0.05) is 13.8 Å². The largest absolute Gasteiger partial charge is 0.394 e. The molecule has 0 aliphatic rings. The van der Waals surface area contributed by atoms with Crippen molar-refractivity contribution in [3.8, 4) is 11.4 Å². The molecular formula is C13H15F2N3O. The van der Waals surface area contributed by atoms with E-state index < -0.39 is 11.6 Å². The van der Waals surface area contributed by atoms with Crippen molar-refractivity contribution >= 4 is 0 Å². The van der Waals surface area contributed by atoms with Crippen LogP contribution in [0, 0.1) is 11.6 Å². The maximum atomic E-state index is 13.3. The van der Waals surface area contributed by atoms with Gasteiger partial charge >= 0.3 is 0 Å². The highest BCUT2D eigenvalue weighted by molar-refractivity contribution is 5.55. The van der Waals surface area contributed by atoms with Crippen molar-refractivity contribution in [3.05, 3.63) is 35.7 Å². The van der Waals surface area contributed by atoms with Crippen molar-refractivity contribution in [3.63, 3.8) is 0 Å². The van der Waals surface area contributed by atoms with Gasteiger partial charge in [0.05, 0.1) is 13.2 Å². The van der Waals surface area contributed by atoms with Crippen LogP contribution < -0.4 is 0 Å². The Bertz CT molecular complexity index is 581. The van der Waals surface area contributed by atoms with Gasteiger partial charge in [-0.05, 0) is 18.2 Å². The summed E-state index contributed by atoms with van der Waals surface area (Å²) in [5.41, 5.74) is 0.437. The molecule has 0 spiro atoms. The quantitative estimate of drug-likeness (QED) is 0.925. The molecule has 6 heteroatoms. The van der Waals surface area contributed by atoms with Crippen LogP contribution in [0.1, 0.15) is 25.6 Å². The summed E-state index contributed by atoms with van der Waals surface area (Å²) >= 11 is 0. The second-order valence-corrected chi connectivity index (χ2v) is 4.52. The lowest BCUT2D eigenvalue weighted by Crippen LogP contribution is -2.06. The molecule has 0 aliphatic heterocycles. The number of benzene rings is 1. The topological polar surface area (TPSA) is 50.9 Å². The van der Waals surface area contributed by atoms with E-state index >= 15 is 0 Å². The van der Waals surface area contributed by atoms with Crippen LogP contribution >= 0.6 is 0 Å². The van der Waals surface area contributed by atoms with Gasteiger partial charge in [-0.25, -0.2) is 18.4 Å². The van der Waals surface area contributed by atoms with Crippen molar-refractivity contribution < 1.29 is 13.9 Å². The second-order valence-electron chi connectivity index (χ2n) is 4.52. The number of rotatable bonds is 4. The average Bonchev–Trinajstić information content (AvgIpc) is 2.77. The molecule has 0 amide bonds. The van der Waals surface area contributed by atoms with Crippen LogP contribution in [-0.4, -0.2) is 26.5 Å². The lowest BCUT2D eigenvalue weighted by molar-refractivity contribution is 0.269. The first-order valence-corrected chi connectivity index (χ1v) is 6.04. The first kappa shape index (κ1) is 13.6. The molecule has 0 aliphatic carbocycles. The molecule has 0 radical (unpaired) electrons. The first-order chi connectivity index (χ1) is 9.02. The highest BCUT2D eigenvalue weighted by Gasteiger charge is 2.15. The lowest BCUT2D eigenvalue weighted by atomic mass is 10.2. The van der Waals surface area contributed by atoms with Gasteiger partial charge < -0.3 is 5.11 Å². The van der Waals surface area contributed by atoms with E-state index in [1.165, 1.54) is 10.7 Å². The zero-order valence-corrected chi connectivity index (χ0v) is 10.8. The number of aromatic nitrogens is 3. The van der Waals surface area contributed by atoms with Gasteiger partial charge in [-0.2, -0.15) is 5.10 Å². The van der Waals surface area contributed by atoms with Gasteiger partial charge in [0.1, 0.15) is 0 Å². The predicted molar refractivity (Wildman–Crippen MR) is 66.5 cm³/mol. The summed E-state index contributed by atoms with van der Waals surface area (Å²) in [4.78, 5) is 4.32. The molecule has 19 heavy (non-hydrogen) atoms. The minimum absolute atomic E-state index is 0.0996. The summed E-state index contributed by atoms with van der Waals surface area (Å²) in [6, 6.07) is 3.58. The predicted octanol–water partition coefficient (Wildman–Crippen LogP) is 2.34. The van der Waals surface area contributed by atoms with Gasteiger partial charge in [-0.3, -0.25) is 0 Å². The summed E-state index contributed by atoms with van der Waals surface area (Å²) in [6.07, 6.45) is 0. The van der Waals surface area contributed by atoms with Crippen LogP contribution in [0.25, 0.3) is 11.4 Å². The molecule has 0 saturated heterocycles. The van der Waals surface area contributed by atoms with Gasteiger partial charge in [0, 0.05) is 11.5 Å². The van der Waals surface area contributed by atoms with E-state index in [9.17, 15) is 8.78 Å². The fraction of sp³-hybridized carbons (Fsp3) is 0.385. The van der Waals surface area contributed by atoms with Crippen LogP contribution in [0.15, 0.2) is 18.2 Å². The zero-order valence-electron chi connectivity index (χ0n) is 10.8. The molecule has 1 heterocycles. The molecule has 4 nitrogen and oxygen atoms in total. The molecule has 1 aromatic carbocycles. The Labute approximate surface area is 109 Å². The number of nitrogens with zero attached hydrogens (tertiary/aromatic N) is 3. The Morgan fingerprint density at radius 1 is 1.26 bits per heavy atom. The molecular weight excluding hydrogens is 252 g/mol. The molecule has 0 bridgehead atoms. The van der Waals surface area contributed by atoms with E-state index in [2.05, 4.69) is 10.1 Å². The minimum Gasteiger partial charge on any atom is -0.394 e. The van der Waals surface area contributed by atoms with E-state index in [1.807, 2.05) is 13.8 Å². The Kier molecular flexibility index (Phi) is 3.90. The summed E-state index contributed by atoms with van der Waals surface area (Å²) < 4.78 is 27.7. The van der Waals surface area contributed by atoms with E-state index in [0.717, 1.165) is 12.1 Å². The molecule has 1 aromatic heterocycles. The van der Waals surface area contributed by atoms with Crippen molar-refractivity contribution in [1.82, 2.24) is 14.8 Å². The number of aliphatic hydroxyl groups is 1. The Hall–Kier alpha value is -1.82. The van der Waals surface area contributed by atoms with Gasteiger partial charge in [0.2, 0.25) is 0 Å². The lowest BCUT2D eigenvalue weighted by Gasteiger charge is -2.04. The summed E-state index contributed by atoms with van der Waals surface area (Å²) in [6.45, 7) is 4.03. The smallest absolute Gasteiger partial charge is 0.159 e. The maximum Gasteiger partial charge on any atom is 0.159 e. The number of hydrogen-bond donors (Lipinski definition) is 1. The van der Waals surface area contributed by atoms with Crippen molar-refractivity contribution in [2.75, 3.05) is 6.61 Å². The number of hydrogen-bond acceptors (Lipinski definition) is 3. The van der Waals surface area contributed by atoms with E-state index in [-0.39, 0.29) is 19.1 Å². The summed E-state index contributed by atoms with van der Waals surface area (Å²) in [7, 11) is 0. The Morgan fingerprint density at radius 2 is 2.00 bits per heavy atom. The highest BCUT2D eigenvalue weighted by atomic mass is 19.2. The zero-order chi connectivity index (χ0) is 14.0. The average molecular weight is 267 g/mol. The third-order valence-corrected chi connectivity index (χ3v) is 2.69. The maximum absolute atomic E-state index is 13.3. The molecule has 0 fully saturated rings. The highest BCUT2D eigenvalue weighted by Crippen LogP contribution is 2.22. The standard InChI is InChI=1S/C13H15F2N3O/c1-8(2)12-16-13(18(17-12)5-6-19)9-3-4-10(14)11(15)7-9/h3-4,7-8,19H,5-6H2,1-2H3. The van der Waals surface area contributed by atoms with Crippen LogP contribution in [0.5, 0.6) is 0 Å². The van der Waals surface area contributed by atoms with Crippen molar-refractivity contribution in [2.45, 2.75) is 26.3 Å². The molecule has 0 unspecified atom stereocenters. The number of halogens is 2.